The third-order valence-electron chi connectivity index (χ3n) is 4.77. The van der Waals surface area contributed by atoms with Crippen LogP contribution in [0, 0.1) is 0 Å². The van der Waals surface area contributed by atoms with E-state index in [1.807, 2.05) is 60.7 Å². The second kappa shape index (κ2) is 7.97. The summed E-state index contributed by atoms with van der Waals surface area (Å²) in [6.07, 6.45) is 2.03. The summed E-state index contributed by atoms with van der Waals surface area (Å²) in [4.78, 5) is 27.1. The topological polar surface area (TPSA) is 49.4 Å². The molecular weight excluding hydrogens is 312 g/mol. The van der Waals surface area contributed by atoms with Crippen LogP contribution in [0.5, 0.6) is 0 Å². The number of hydrogen-bond acceptors (Lipinski definition) is 2. The average Bonchev–Trinajstić information content (AvgIpc) is 3.13. The molecule has 0 aliphatic carbocycles. The summed E-state index contributed by atoms with van der Waals surface area (Å²) in [5.74, 6) is 0.110. The Morgan fingerprint density at radius 1 is 1.08 bits per heavy atom. The third kappa shape index (κ3) is 4.27. The molecule has 0 saturated carbocycles. The van der Waals surface area contributed by atoms with Gasteiger partial charge < -0.3 is 10.2 Å². The Morgan fingerprint density at radius 2 is 1.72 bits per heavy atom. The van der Waals surface area contributed by atoms with Gasteiger partial charge in [-0.05, 0) is 36.5 Å². The smallest absolute Gasteiger partial charge is 0.247 e. The van der Waals surface area contributed by atoms with E-state index in [-0.39, 0.29) is 23.8 Å². The quantitative estimate of drug-likeness (QED) is 0.902. The summed E-state index contributed by atoms with van der Waals surface area (Å²) in [5, 5.41) is 2.92. The Hall–Kier alpha value is -2.62. The van der Waals surface area contributed by atoms with Crippen LogP contribution < -0.4 is 5.32 Å². The van der Waals surface area contributed by atoms with E-state index in [2.05, 4.69) is 12.2 Å². The van der Waals surface area contributed by atoms with E-state index < -0.39 is 0 Å². The van der Waals surface area contributed by atoms with Crippen molar-refractivity contribution in [2.45, 2.75) is 38.1 Å². The van der Waals surface area contributed by atoms with Gasteiger partial charge in [-0.2, -0.15) is 0 Å². The minimum Gasteiger partial charge on any atom is -0.331 e. The minimum atomic E-state index is -0.365. The summed E-state index contributed by atoms with van der Waals surface area (Å²) in [7, 11) is 0. The molecule has 4 nitrogen and oxygen atoms in total. The number of rotatable bonds is 5. The van der Waals surface area contributed by atoms with Crippen molar-refractivity contribution in [1.82, 2.24) is 4.90 Å². The maximum atomic E-state index is 12.7. The van der Waals surface area contributed by atoms with Crippen molar-refractivity contribution in [2.24, 2.45) is 0 Å². The lowest BCUT2D eigenvalue weighted by Gasteiger charge is -2.25. The van der Waals surface area contributed by atoms with Crippen molar-refractivity contribution in [3.8, 4) is 0 Å². The second-order valence-electron chi connectivity index (χ2n) is 6.62. The highest BCUT2D eigenvalue weighted by Crippen LogP contribution is 2.24. The molecule has 0 radical (unpaired) electrons. The van der Waals surface area contributed by atoms with Crippen LogP contribution in [0.15, 0.2) is 60.7 Å². The number of para-hydroxylation sites is 1. The lowest BCUT2D eigenvalue weighted by atomic mass is 9.97. The Balaban J connectivity index is 1.62. The maximum absolute atomic E-state index is 12.7. The molecule has 130 valence electrons. The van der Waals surface area contributed by atoms with Gasteiger partial charge in [0.1, 0.15) is 6.04 Å². The number of amides is 2. The van der Waals surface area contributed by atoms with Gasteiger partial charge in [-0.3, -0.25) is 9.59 Å². The molecular formula is C21H24N2O2. The molecule has 3 rings (SSSR count). The molecule has 2 atom stereocenters. The van der Waals surface area contributed by atoms with Crippen molar-refractivity contribution >= 4 is 17.5 Å². The SMILES string of the molecule is C[C@@H](CC(=O)N1CCC[C@H]1C(=O)Nc1ccccc1)c1ccccc1. The fraction of sp³-hybridized carbons (Fsp3) is 0.333. The van der Waals surface area contributed by atoms with E-state index in [1.165, 1.54) is 0 Å². The number of nitrogens with one attached hydrogen (secondary N) is 1. The molecule has 1 aliphatic rings. The number of carbonyl (C=O) groups excluding carboxylic acids is 2. The Kier molecular flexibility index (Phi) is 5.49. The predicted molar refractivity (Wildman–Crippen MR) is 99.3 cm³/mol. The van der Waals surface area contributed by atoms with Crippen LogP contribution in [0.2, 0.25) is 0 Å². The molecule has 0 spiro atoms. The zero-order valence-corrected chi connectivity index (χ0v) is 14.5. The highest BCUT2D eigenvalue weighted by atomic mass is 16.2. The lowest BCUT2D eigenvalue weighted by molar-refractivity contribution is -0.136. The van der Waals surface area contributed by atoms with Gasteiger partial charge in [0.15, 0.2) is 0 Å². The summed E-state index contributed by atoms with van der Waals surface area (Å²) in [5.41, 5.74) is 1.92. The number of hydrogen-bond donors (Lipinski definition) is 1. The highest BCUT2D eigenvalue weighted by Gasteiger charge is 2.34. The van der Waals surface area contributed by atoms with Gasteiger partial charge >= 0.3 is 0 Å². The summed E-state index contributed by atoms with van der Waals surface area (Å²) in [6, 6.07) is 19.1. The van der Waals surface area contributed by atoms with Crippen LogP contribution in [0.3, 0.4) is 0 Å². The first-order chi connectivity index (χ1) is 12.1. The summed E-state index contributed by atoms with van der Waals surface area (Å²) >= 11 is 0. The van der Waals surface area contributed by atoms with Gasteiger partial charge in [0.25, 0.3) is 0 Å². The summed E-state index contributed by atoms with van der Waals surface area (Å²) < 4.78 is 0. The minimum absolute atomic E-state index is 0.0575. The molecule has 25 heavy (non-hydrogen) atoms. The van der Waals surface area contributed by atoms with Crippen LogP contribution in [-0.4, -0.2) is 29.3 Å². The van der Waals surface area contributed by atoms with Gasteiger partial charge in [0.05, 0.1) is 0 Å². The molecule has 4 heteroatoms. The Bertz CT molecular complexity index is 715. The Morgan fingerprint density at radius 3 is 2.40 bits per heavy atom. The lowest BCUT2D eigenvalue weighted by Crippen LogP contribution is -2.43. The molecule has 1 heterocycles. The molecule has 0 aromatic heterocycles. The first-order valence-corrected chi connectivity index (χ1v) is 8.85. The van der Waals surface area contributed by atoms with Crippen LogP contribution in [-0.2, 0) is 9.59 Å². The number of carbonyl (C=O) groups is 2. The maximum Gasteiger partial charge on any atom is 0.247 e. The van der Waals surface area contributed by atoms with E-state index in [9.17, 15) is 9.59 Å². The van der Waals surface area contributed by atoms with E-state index in [0.29, 0.717) is 13.0 Å². The predicted octanol–water partition coefficient (Wildman–Crippen LogP) is 3.81. The summed E-state index contributed by atoms with van der Waals surface area (Å²) in [6.45, 7) is 2.72. The molecule has 1 fully saturated rings. The molecule has 2 aromatic rings. The van der Waals surface area contributed by atoms with E-state index in [1.54, 1.807) is 4.90 Å². The van der Waals surface area contributed by atoms with E-state index in [0.717, 1.165) is 24.1 Å². The monoisotopic (exact) mass is 336 g/mol. The fourth-order valence-corrected chi connectivity index (χ4v) is 3.36. The number of benzene rings is 2. The molecule has 1 aliphatic heterocycles. The van der Waals surface area contributed by atoms with Gasteiger partial charge in [-0.25, -0.2) is 0 Å². The van der Waals surface area contributed by atoms with Gasteiger partial charge in [0, 0.05) is 18.7 Å². The van der Waals surface area contributed by atoms with Crippen molar-refractivity contribution in [2.75, 3.05) is 11.9 Å². The van der Waals surface area contributed by atoms with Crippen LogP contribution >= 0.6 is 0 Å². The third-order valence-corrected chi connectivity index (χ3v) is 4.77. The van der Waals surface area contributed by atoms with Gasteiger partial charge in [0.2, 0.25) is 11.8 Å². The molecule has 0 unspecified atom stereocenters. The zero-order chi connectivity index (χ0) is 17.6. The van der Waals surface area contributed by atoms with Crippen molar-refractivity contribution in [3.05, 3.63) is 66.2 Å². The molecule has 0 bridgehead atoms. The van der Waals surface area contributed by atoms with Crippen LogP contribution in [0.25, 0.3) is 0 Å². The highest BCUT2D eigenvalue weighted by molar-refractivity contribution is 5.97. The molecule has 1 saturated heterocycles. The molecule has 2 amide bonds. The van der Waals surface area contributed by atoms with Crippen LogP contribution in [0.4, 0.5) is 5.69 Å². The second-order valence-corrected chi connectivity index (χ2v) is 6.62. The normalized spacial score (nSPS) is 18.0. The standard InChI is InChI=1S/C21H24N2O2/c1-16(17-9-4-2-5-10-17)15-20(24)23-14-8-13-19(23)21(25)22-18-11-6-3-7-12-18/h2-7,9-12,16,19H,8,13-15H2,1H3,(H,22,25)/t16-,19-/m0/s1. The number of anilines is 1. The Labute approximate surface area is 148 Å². The van der Waals surface area contributed by atoms with Crippen molar-refractivity contribution in [1.29, 1.82) is 0 Å². The average molecular weight is 336 g/mol. The van der Waals surface area contributed by atoms with Crippen LogP contribution in [0.1, 0.15) is 37.7 Å². The number of likely N-dealkylation sites (tertiary alicyclic amines) is 1. The first-order valence-electron chi connectivity index (χ1n) is 8.85. The van der Waals surface area contributed by atoms with Gasteiger partial charge in [-0.1, -0.05) is 55.5 Å². The largest absolute Gasteiger partial charge is 0.331 e. The van der Waals surface area contributed by atoms with Crippen molar-refractivity contribution in [3.63, 3.8) is 0 Å². The van der Waals surface area contributed by atoms with E-state index in [4.69, 9.17) is 0 Å². The first kappa shape index (κ1) is 17.2. The zero-order valence-electron chi connectivity index (χ0n) is 14.5. The van der Waals surface area contributed by atoms with Gasteiger partial charge in [-0.15, -0.1) is 0 Å². The van der Waals surface area contributed by atoms with Crippen molar-refractivity contribution < 1.29 is 9.59 Å². The fourth-order valence-electron chi connectivity index (χ4n) is 3.36. The number of nitrogens with zero attached hydrogens (tertiary/aromatic N) is 1. The van der Waals surface area contributed by atoms with E-state index >= 15 is 0 Å². The molecule has 1 N–H and O–H groups in total. The molecule has 2 aromatic carbocycles.